The number of furan rings is 1. The Morgan fingerprint density at radius 3 is 2.34 bits per heavy atom. The van der Waals surface area contributed by atoms with Crippen molar-refractivity contribution in [1.29, 1.82) is 0 Å². The number of carbonyl (C=O) groups is 2. The van der Waals surface area contributed by atoms with Crippen molar-refractivity contribution < 1.29 is 18.7 Å². The molecule has 1 aliphatic rings. The van der Waals surface area contributed by atoms with E-state index in [1.165, 1.54) is 5.56 Å². The first-order valence-corrected chi connectivity index (χ1v) is 13.9. The number of amides is 2. The number of nitrogens with one attached hydrogen (secondary N) is 3. The predicted molar refractivity (Wildman–Crippen MR) is 158 cm³/mol. The topological polar surface area (TPSA) is 122 Å². The summed E-state index contributed by atoms with van der Waals surface area (Å²) in [4.78, 5) is 37.8. The molecule has 10 heteroatoms. The van der Waals surface area contributed by atoms with E-state index in [1.54, 1.807) is 6.92 Å². The molecule has 41 heavy (non-hydrogen) atoms. The van der Waals surface area contributed by atoms with Crippen LogP contribution in [0, 0.1) is 12.8 Å². The fraction of sp³-hybridized carbons (Fsp3) is 0.355. The first kappa shape index (κ1) is 28.1. The number of carbonyl (C=O) groups excluding carboxylic acids is 2. The lowest BCUT2D eigenvalue weighted by atomic mass is 9.96. The third kappa shape index (κ3) is 6.49. The second-order valence-corrected chi connectivity index (χ2v) is 10.7. The number of para-hydroxylation sites is 1. The molecule has 0 spiro atoms. The second kappa shape index (κ2) is 12.4. The maximum Gasteiger partial charge on any atom is 0.274 e. The van der Waals surface area contributed by atoms with Gasteiger partial charge < -0.3 is 19.4 Å². The molecule has 10 nitrogen and oxygen atoms in total. The molecule has 1 aliphatic heterocycles. The first-order chi connectivity index (χ1) is 19.8. The van der Waals surface area contributed by atoms with E-state index in [-0.39, 0.29) is 17.2 Å². The largest absolute Gasteiger partial charge is 0.442 e. The highest BCUT2D eigenvalue weighted by Crippen LogP contribution is 2.34. The van der Waals surface area contributed by atoms with Gasteiger partial charge in [0.2, 0.25) is 17.6 Å². The Morgan fingerprint density at radius 1 is 0.951 bits per heavy atom. The smallest absolute Gasteiger partial charge is 0.274 e. The van der Waals surface area contributed by atoms with Gasteiger partial charge in [0.15, 0.2) is 0 Å². The number of morpholine rings is 1. The summed E-state index contributed by atoms with van der Waals surface area (Å²) >= 11 is 0. The fourth-order valence-electron chi connectivity index (χ4n) is 4.93. The van der Waals surface area contributed by atoms with E-state index in [0.29, 0.717) is 55.1 Å². The van der Waals surface area contributed by atoms with E-state index in [9.17, 15) is 9.59 Å². The minimum absolute atomic E-state index is 0.277. The number of benzene rings is 2. The van der Waals surface area contributed by atoms with Crippen LogP contribution in [-0.4, -0.2) is 48.1 Å². The van der Waals surface area contributed by atoms with Gasteiger partial charge >= 0.3 is 0 Å². The third-order valence-corrected chi connectivity index (χ3v) is 7.09. The Hall–Kier alpha value is -4.44. The van der Waals surface area contributed by atoms with Crippen LogP contribution in [0.4, 0.5) is 17.5 Å². The zero-order chi connectivity index (χ0) is 28.9. The fourth-order valence-corrected chi connectivity index (χ4v) is 4.93. The minimum atomic E-state index is -0.504. The maximum atomic E-state index is 13.5. The van der Waals surface area contributed by atoms with Crippen LogP contribution in [0.5, 0.6) is 0 Å². The first-order valence-electron chi connectivity index (χ1n) is 13.9. The standard InChI is InChI=1S/C31H36N6O4/c1-19(2)18-22-10-12-23(13-11-22)20(3)28(38)35-36-29(39)25-21(4)41-30-26(25)27(37-14-16-40-17-15-37)33-31(34-30)32-24-8-6-5-7-9-24/h5-13,19-20H,14-18H2,1-4H3,(H,35,38)(H,36,39)(H,32,33,34). The number of aromatic nitrogens is 2. The van der Waals surface area contributed by atoms with E-state index < -0.39 is 11.8 Å². The quantitative estimate of drug-likeness (QED) is 0.263. The molecule has 0 saturated carbocycles. The summed E-state index contributed by atoms with van der Waals surface area (Å²) in [5.74, 6) is 0.577. The Morgan fingerprint density at radius 2 is 1.66 bits per heavy atom. The molecule has 1 unspecified atom stereocenters. The van der Waals surface area contributed by atoms with Crippen LogP contribution in [0.1, 0.15) is 53.9 Å². The van der Waals surface area contributed by atoms with E-state index >= 15 is 0 Å². The number of rotatable bonds is 8. The number of hydrogen-bond acceptors (Lipinski definition) is 8. The van der Waals surface area contributed by atoms with Crippen molar-refractivity contribution in [3.05, 3.63) is 77.0 Å². The zero-order valence-electron chi connectivity index (χ0n) is 23.9. The van der Waals surface area contributed by atoms with E-state index in [0.717, 1.165) is 17.7 Å². The summed E-state index contributed by atoms with van der Waals surface area (Å²) in [6.07, 6.45) is 0.981. The maximum absolute atomic E-state index is 13.5. The average Bonchev–Trinajstić information content (AvgIpc) is 3.31. The molecule has 1 fully saturated rings. The number of nitrogens with zero attached hydrogens (tertiary/aromatic N) is 3. The summed E-state index contributed by atoms with van der Waals surface area (Å²) < 4.78 is 11.5. The van der Waals surface area contributed by atoms with Crippen molar-refractivity contribution in [2.24, 2.45) is 5.92 Å². The van der Waals surface area contributed by atoms with E-state index in [1.807, 2.05) is 61.5 Å². The summed E-state index contributed by atoms with van der Waals surface area (Å²) in [7, 11) is 0. The normalized spacial score (nSPS) is 14.2. The van der Waals surface area contributed by atoms with Gasteiger partial charge in [0.1, 0.15) is 11.6 Å². The van der Waals surface area contributed by atoms with Gasteiger partial charge in [-0.05, 0) is 49.4 Å². The summed E-state index contributed by atoms with van der Waals surface area (Å²) in [6, 6.07) is 17.6. The Balaban J connectivity index is 1.37. The van der Waals surface area contributed by atoms with Crippen molar-refractivity contribution in [1.82, 2.24) is 20.8 Å². The van der Waals surface area contributed by atoms with Crippen molar-refractivity contribution in [2.75, 3.05) is 36.5 Å². The van der Waals surface area contributed by atoms with Crippen LogP contribution < -0.4 is 21.1 Å². The van der Waals surface area contributed by atoms with Crippen LogP contribution in [0.2, 0.25) is 0 Å². The average molecular weight is 557 g/mol. The molecule has 5 rings (SSSR count). The summed E-state index contributed by atoms with van der Waals surface area (Å²) in [6.45, 7) is 10.1. The molecule has 0 bridgehead atoms. The van der Waals surface area contributed by atoms with Gasteiger partial charge in [-0.1, -0.05) is 56.3 Å². The lowest BCUT2D eigenvalue weighted by Gasteiger charge is -2.28. The van der Waals surface area contributed by atoms with Crippen LogP contribution in [0.3, 0.4) is 0 Å². The van der Waals surface area contributed by atoms with Gasteiger partial charge in [0.25, 0.3) is 5.91 Å². The van der Waals surface area contributed by atoms with Crippen molar-refractivity contribution in [3.63, 3.8) is 0 Å². The van der Waals surface area contributed by atoms with Gasteiger partial charge in [0.05, 0.1) is 30.1 Å². The van der Waals surface area contributed by atoms with Crippen LogP contribution in [-0.2, 0) is 16.0 Å². The molecule has 0 radical (unpaired) electrons. The van der Waals surface area contributed by atoms with Gasteiger partial charge in [-0.2, -0.15) is 9.97 Å². The number of aryl methyl sites for hydroxylation is 1. The van der Waals surface area contributed by atoms with Crippen LogP contribution in [0.25, 0.3) is 11.1 Å². The highest BCUT2D eigenvalue weighted by Gasteiger charge is 2.28. The minimum Gasteiger partial charge on any atom is -0.442 e. The zero-order valence-corrected chi connectivity index (χ0v) is 23.9. The lowest BCUT2D eigenvalue weighted by Crippen LogP contribution is -2.43. The third-order valence-electron chi connectivity index (χ3n) is 7.09. The van der Waals surface area contributed by atoms with Crippen LogP contribution in [0.15, 0.2) is 59.0 Å². The Bertz CT molecular complexity index is 1510. The lowest BCUT2D eigenvalue weighted by molar-refractivity contribution is -0.123. The van der Waals surface area contributed by atoms with Gasteiger partial charge in [-0.3, -0.25) is 20.4 Å². The molecule has 0 aliphatic carbocycles. The molecule has 3 N–H and O–H groups in total. The molecule has 4 aromatic rings. The van der Waals surface area contributed by atoms with Crippen LogP contribution >= 0.6 is 0 Å². The predicted octanol–water partition coefficient (Wildman–Crippen LogP) is 4.87. The van der Waals surface area contributed by atoms with Crippen molar-refractivity contribution in [2.45, 2.75) is 40.0 Å². The highest BCUT2D eigenvalue weighted by atomic mass is 16.5. The molecule has 214 valence electrons. The highest BCUT2D eigenvalue weighted by molar-refractivity contribution is 6.10. The Labute approximate surface area is 239 Å². The monoisotopic (exact) mass is 556 g/mol. The van der Waals surface area contributed by atoms with Gasteiger partial charge in [-0.15, -0.1) is 0 Å². The van der Waals surface area contributed by atoms with Gasteiger partial charge in [0, 0.05) is 18.8 Å². The molecule has 2 aromatic carbocycles. The van der Waals surface area contributed by atoms with E-state index in [4.69, 9.17) is 14.1 Å². The Kier molecular flexibility index (Phi) is 8.49. The van der Waals surface area contributed by atoms with E-state index in [2.05, 4.69) is 39.9 Å². The SMILES string of the molecule is Cc1oc2nc(Nc3ccccc3)nc(N3CCOCC3)c2c1C(=O)NNC(=O)C(C)c1ccc(CC(C)C)cc1. The molecular formula is C31H36N6O4. The van der Waals surface area contributed by atoms with Gasteiger partial charge in [-0.25, -0.2) is 0 Å². The number of ether oxygens (including phenoxy) is 1. The van der Waals surface area contributed by atoms with Crippen molar-refractivity contribution in [3.8, 4) is 0 Å². The number of hydrogen-bond donors (Lipinski definition) is 3. The molecule has 2 aromatic heterocycles. The summed E-state index contributed by atoms with van der Waals surface area (Å²) in [5, 5.41) is 3.71. The molecular weight excluding hydrogens is 520 g/mol. The second-order valence-electron chi connectivity index (χ2n) is 10.7. The number of hydrazine groups is 1. The number of anilines is 3. The molecule has 1 atom stereocenters. The molecule has 2 amide bonds. The number of fused-ring (bicyclic) bond motifs is 1. The van der Waals surface area contributed by atoms with Crippen molar-refractivity contribution >= 4 is 40.4 Å². The summed E-state index contributed by atoms with van der Waals surface area (Å²) in [5.41, 5.74) is 8.65. The molecule has 3 heterocycles. The molecule has 1 saturated heterocycles.